The molecule has 0 aliphatic carbocycles. The molecule has 3 heteroatoms. The van der Waals surface area contributed by atoms with E-state index in [0.717, 1.165) is 0 Å². The van der Waals surface area contributed by atoms with Crippen LogP contribution >= 0.6 is 0 Å². The van der Waals surface area contributed by atoms with Crippen LogP contribution in [0.1, 0.15) is 6.92 Å². The van der Waals surface area contributed by atoms with Crippen LogP contribution in [0.4, 0.5) is 0 Å². The summed E-state index contributed by atoms with van der Waals surface area (Å²) in [5.41, 5.74) is 0. The van der Waals surface area contributed by atoms with E-state index in [2.05, 4.69) is 17.3 Å². The van der Waals surface area contributed by atoms with Crippen LogP contribution in [-0.4, -0.2) is 24.3 Å². The molecule has 54 valence electrons. The molecule has 1 unspecified atom stereocenters. The molecule has 9 heavy (non-hydrogen) atoms. The zero-order valence-electron chi connectivity index (χ0n) is 6.43. The summed E-state index contributed by atoms with van der Waals surface area (Å²) in [6, 6.07) is 0. The van der Waals surface area contributed by atoms with Crippen molar-refractivity contribution in [3.8, 4) is 0 Å². The molecule has 0 heterocycles. The van der Waals surface area contributed by atoms with Gasteiger partial charge in [-0.1, -0.05) is 0 Å². The third-order valence-corrected chi connectivity index (χ3v) is 7.64. The van der Waals surface area contributed by atoms with Crippen LogP contribution in [0, 0.1) is 0 Å². The van der Waals surface area contributed by atoms with E-state index in [1.165, 1.54) is 0 Å². The van der Waals surface area contributed by atoms with Gasteiger partial charge in [-0.2, -0.15) is 0 Å². The standard InChI is InChI=1S/C6H14GeO2/c1-5(6(8)9)7(2,3)4/h5H,1-4H3,(H,8,9). The van der Waals surface area contributed by atoms with E-state index in [4.69, 9.17) is 5.11 Å². The van der Waals surface area contributed by atoms with Gasteiger partial charge in [0.15, 0.2) is 0 Å². The molecular weight excluding hydrogens is 177 g/mol. The molecule has 0 aromatic rings. The van der Waals surface area contributed by atoms with E-state index in [-0.39, 0.29) is 4.75 Å². The van der Waals surface area contributed by atoms with Crippen LogP contribution in [-0.2, 0) is 4.79 Å². The maximum absolute atomic E-state index is 10.4. The quantitative estimate of drug-likeness (QED) is 0.675. The Balaban J connectivity index is 4.04. The van der Waals surface area contributed by atoms with Crippen molar-refractivity contribution >= 4 is 19.2 Å². The molecule has 0 aromatic carbocycles. The number of carbonyl (C=O) groups is 1. The molecular formula is C6H14GeO2. The normalized spacial score (nSPS) is 15.1. The Morgan fingerprint density at radius 3 is 1.78 bits per heavy atom. The van der Waals surface area contributed by atoms with Crippen LogP contribution in [0.5, 0.6) is 0 Å². The molecule has 1 atom stereocenters. The molecule has 0 spiro atoms. The van der Waals surface area contributed by atoms with Crippen molar-refractivity contribution < 1.29 is 9.90 Å². The number of aliphatic carboxylic acids is 1. The Bertz CT molecular complexity index is 115. The topological polar surface area (TPSA) is 37.3 Å². The molecule has 0 fully saturated rings. The van der Waals surface area contributed by atoms with Gasteiger partial charge in [0.2, 0.25) is 0 Å². The summed E-state index contributed by atoms with van der Waals surface area (Å²) >= 11 is -1.88. The van der Waals surface area contributed by atoms with Crippen molar-refractivity contribution in [2.24, 2.45) is 0 Å². The van der Waals surface area contributed by atoms with Gasteiger partial charge < -0.3 is 0 Å². The van der Waals surface area contributed by atoms with Gasteiger partial charge in [-0.25, -0.2) is 0 Å². The minimum absolute atomic E-state index is 0.0787. The van der Waals surface area contributed by atoms with Crippen molar-refractivity contribution in [3.63, 3.8) is 0 Å². The van der Waals surface area contributed by atoms with Gasteiger partial charge in [0.05, 0.1) is 0 Å². The third-order valence-electron chi connectivity index (χ3n) is 1.67. The van der Waals surface area contributed by atoms with E-state index in [0.29, 0.717) is 0 Å². The van der Waals surface area contributed by atoms with Gasteiger partial charge >= 0.3 is 58.1 Å². The van der Waals surface area contributed by atoms with E-state index >= 15 is 0 Å². The van der Waals surface area contributed by atoms with Crippen molar-refractivity contribution in [1.29, 1.82) is 0 Å². The first-order valence-corrected chi connectivity index (χ1v) is 10.6. The summed E-state index contributed by atoms with van der Waals surface area (Å²) < 4.78 is -0.0787. The molecule has 0 saturated carbocycles. The van der Waals surface area contributed by atoms with Gasteiger partial charge in [-0.3, -0.25) is 0 Å². The fourth-order valence-corrected chi connectivity index (χ4v) is 1.92. The second-order valence-electron chi connectivity index (χ2n) is 3.43. The molecule has 0 amide bonds. The molecule has 0 bridgehead atoms. The Kier molecular flexibility index (Phi) is 2.73. The summed E-state index contributed by atoms with van der Waals surface area (Å²) in [5.74, 6) is 5.69. The van der Waals surface area contributed by atoms with Gasteiger partial charge in [0, 0.05) is 0 Å². The van der Waals surface area contributed by atoms with Gasteiger partial charge in [0.25, 0.3) is 0 Å². The minimum atomic E-state index is -1.88. The van der Waals surface area contributed by atoms with Gasteiger partial charge in [-0.15, -0.1) is 0 Å². The fraction of sp³-hybridized carbons (Fsp3) is 0.833. The first kappa shape index (κ1) is 9.01. The molecule has 0 rings (SSSR count). The molecule has 2 nitrogen and oxygen atoms in total. The van der Waals surface area contributed by atoms with Crippen LogP contribution in [0.3, 0.4) is 0 Å². The summed E-state index contributed by atoms with van der Waals surface area (Å²) in [5, 5.41) is 8.56. The van der Waals surface area contributed by atoms with Crippen molar-refractivity contribution in [1.82, 2.24) is 0 Å². The molecule has 0 aliphatic heterocycles. The van der Waals surface area contributed by atoms with E-state index in [1.54, 1.807) is 0 Å². The molecule has 0 saturated heterocycles. The second kappa shape index (κ2) is 2.73. The third kappa shape index (κ3) is 2.89. The first-order chi connectivity index (χ1) is 3.85. The first-order valence-electron chi connectivity index (χ1n) is 3.08. The summed E-state index contributed by atoms with van der Waals surface area (Å²) in [4.78, 5) is 10.4. The van der Waals surface area contributed by atoms with Crippen LogP contribution < -0.4 is 0 Å². The molecule has 0 radical (unpaired) electrons. The Labute approximate surface area is 58.6 Å². The molecule has 1 N–H and O–H groups in total. The SMILES string of the molecule is C[CH](C(=O)O)[Ge]([CH3])([CH3])[CH3]. The molecule has 0 aliphatic rings. The van der Waals surface area contributed by atoms with Crippen molar-refractivity contribution in [3.05, 3.63) is 0 Å². The van der Waals surface area contributed by atoms with Gasteiger partial charge in [-0.05, 0) is 0 Å². The number of hydrogen-bond donors (Lipinski definition) is 1. The number of rotatable bonds is 2. The average Bonchev–Trinajstić information content (AvgIpc) is 1.62. The number of hydrogen-bond acceptors (Lipinski definition) is 1. The second-order valence-corrected chi connectivity index (χ2v) is 15.2. The zero-order valence-corrected chi connectivity index (χ0v) is 8.53. The van der Waals surface area contributed by atoms with Crippen molar-refractivity contribution in [2.45, 2.75) is 28.9 Å². The summed E-state index contributed by atoms with van der Waals surface area (Å²) in [7, 11) is 0. The number of carboxylic acids is 1. The van der Waals surface area contributed by atoms with E-state index in [1.807, 2.05) is 6.92 Å². The maximum atomic E-state index is 10.4. The van der Waals surface area contributed by atoms with E-state index < -0.39 is 19.2 Å². The summed E-state index contributed by atoms with van der Waals surface area (Å²) in [6.07, 6.45) is 0. The van der Waals surface area contributed by atoms with Crippen molar-refractivity contribution in [2.75, 3.05) is 0 Å². The van der Waals surface area contributed by atoms with E-state index in [9.17, 15) is 4.79 Å². The Hall–Kier alpha value is 0.0129. The summed E-state index contributed by atoms with van der Waals surface area (Å²) in [6.45, 7) is 1.81. The zero-order chi connectivity index (χ0) is 7.65. The fourth-order valence-electron chi connectivity index (χ4n) is 0.370. The monoisotopic (exact) mass is 192 g/mol. The predicted molar refractivity (Wildman–Crippen MR) is 40.4 cm³/mol. The van der Waals surface area contributed by atoms with Crippen LogP contribution in [0.2, 0.25) is 22.0 Å². The Morgan fingerprint density at radius 2 is 1.78 bits per heavy atom. The average molecular weight is 191 g/mol. The number of carboxylic acid groups (broad SMARTS) is 1. The predicted octanol–water partition coefficient (Wildman–Crippen LogP) is 1.80. The van der Waals surface area contributed by atoms with Crippen LogP contribution in [0.25, 0.3) is 0 Å². The van der Waals surface area contributed by atoms with Crippen LogP contribution in [0.15, 0.2) is 0 Å². The molecule has 0 aromatic heterocycles. The Morgan fingerprint density at radius 1 is 1.44 bits per heavy atom. The van der Waals surface area contributed by atoms with Gasteiger partial charge in [0.1, 0.15) is 0 Å².